The van der Waals surface area contributed by atoms with Crippen molar-refractivity contribution in [2.24, 2.45) is 0 Å². The first-order chi connectivity index (χ1) is 14.1. The molecular formula is C20H19N3O4S2. The number of hydrogen-bond acceptors (Lipinski definition) is 7. The second-order valence-corrected chi connectivity index (χ2v) is 8.25. The van der Waals surface area contributed by atoms with E-state index in [4.69, 9.17) is 9.47 Å². The van der Waals surface area contributed by atoms with Gasteiger partial charge >= 0.3 is 0 Å². The lowest BCUT2D eigenvalue weighted by molar-refractivity contribution is -0.121. The number of thiazole rings is 1. The van der Waals surface area contributed by atoms with E-state index in [0.717, 1.165) is 11.3 Å². The summed E-state index contributed by atoms with van der Waals surface area (Å²) in [4.78, 5) is 29.4. The predicted octanol–water partition coefficient (Wildman–Crippen LogP) is 3.65. The molecule has 4 rings (SSSR count). The zero-order chi connectivity index (χ0) is 20.2. The molecule has 3 heterocycles. The Bertz CT molecular complexity index is 1020. The molecule has 0 saturated carbocycles. The van der Waals surface area contributed by atoms with E-state index in [1.165, 1.54) is 22.7 Å². The molecule has 2 aromatic heterocycles. The van der Waals surface area contributed by atoms with Crippen molar-refractivity contribution in [3.63, 3.8) is 0 Å². The molecule has 2 N–H and O–H groups in total. The number of amides is 2. The number of thiophene rings is 1. The highest BCUT2D eigenvalue weighted by Crippen LogP contribution is 2.32. The molecule has 1 unspecified atom stereocenters. The van der Waals surface area contributed by atoms with Crippen molar-refractivity contribution in [3.05, 3.63) is 57.2 Å². The third kappa shape index (κ3) is 4.75. The van der Waals surface area contributed by atoms with E-state index in [1.54, 1.807) is 11.4 Å². The monoisotopic (exact) mass is 429 g/mol. The summed E-state index contributed by atoms with van der Waals surface area (Å²) in [6.07, 6.45) is 0.139. The van der Waals surface area contributed by atoms with E-state index in [2.05, 4.69) is 15.6 Å². The van der Waals surface area contributed by atoms with Gasteiger partial charge in [0.05, 0.1) is 23.0 Å². The summed E-state index contributed by atoms with van der Waals surface area (Å²) in [6, 6.07) is 9.05. The normalized spacial score (nSPS) is 13.6. The SMILES string of the molecule is CC(NC(=O)Cc1csc(NC(=O)c2cccs2)n1)c1ccc2c(c1)OCCO2. The van der Waals surface area contributed by atoms with Crippen molar-refractivity contribution < 1.29 is 19.1 Å². The first-order valence-electron chi connectivity index (χ1n) is 9.06. The molecule has 1 aliphatic rings. The number of benzene rings is 1. The molecule has 0 spiro atoms. The number of carbonyl (C=O) groups excluding carboxylic acids is 2. The molecule has 2 amide bonds. The second-order valence-electron chi connectivity index (χ2n) is 6.44. The van der Waals surface area contributed by atoms with Crippen LogP contribution in [-0.4, -0.2) is 30.0 Å². The molecule has 0 radical (unpaired) electrons. The van der Waals surface area contributed by atoms with Gasteiger partial charge in [0.15, 0.2) is 16.6 Å². The Morgan fingerprint density at radius 2 is 2.00 bits per heavy atom. The fourth-order valence-electron chi connectivity index (χ4n) is 2.88. The highest BCUT2D eigenvalue weighted by atomic mass is 32.1. The number of ether oxygens (including phenoxy) is 2. The minimum atomic E-state index is -0.197. The maximum atomic E-state index is 12.4. The van der Waals surface area contributed by atoms with Crippen molar-refractivity contribution in [1.29, 1.82) is 0 Å². The number of rotatable bonds is 6. The summed E-state index contributed by atoms with van der Waals surface area (Å²) in [7, 11) is 0. The number of anilines is 1. The second kappa shape index (κ2) is 8.62. The topological polar surface area (TPSA) is 89.6 Å². The maximum Gasteiger partial charge on any atom is 0.267 e. The number of hydrogen-bond donors (Lipinski definition) is 2. The Kier molecular flexibility index (Phi) is 5.77. The number of fused-ring (bicyclic) bond motifs is 1. The number of aromatic nitrogens is 1. The lowest BCUT2D eigenvalue weighted by Crippen LogP contribution is -2.28. The van der Waals surface area contributed by atoms with Crippen LogP contribution in [0, 0.1) is 0 Å². The van der Waals surface area contributed by atoms with Crippen LogP contribution in [0.4, 0.5) is 5.13 Å². The molecule has 7 nitrogen and oxygen atoms in total. The molecule has 1 aliphatic heterocycles. The lowest BCUT2D eigenvalue weighted by Gasteiger charge is -2.21. The number of nitrogens with zero attached hydrogens (tertiary/aromatic N) is 1. The molecule has 29 heavy (non-hydrogen) atoms. The van der Waals surface area contributed by atoms with Gasteiger partial charge in [0.1, 0.15) is 13.2 Å². The van der Waals surface area contributed by atoms with E-state index in [1.807, 2.05) is 36.6 Å². The summed E-state index contributed by atoms with van der Waals surface area (Å²) in [5, 5.41) is 9.82. The molecule has 1 aromatic carbocycles. The zero-order valence-electron chi connectivity index (χ0n) is 15.6. The van der Waals surface area contributed by atoms with Crippen LogP contribution < -0.4 is 20.1 Å². The van der Waals surface area contributed by atoms with Crippen LogP contribution in [0.3, 0.4) is 0 Å². The Labute approximate surface area is 175 Å². The number of nitrogens with one attached hydrogen (secondary N) is 2. The standard InChI is InChI=1S/C20H19N3O4S2/c1-12(13-4-5-15-16(9-13)27-7-6-26-15)21-18(24)10-14-11-29-20(22-14)23-19(25)17-3-2-8-28-17/h2-5,8-9,11-12H,6-7,10H2,1H3,(H,21,24)(H,22,23,25). The van der Waals surface area contributed by atoms with Crippen LogP contribution >= 0.6 is 22.7 Å². The Morgan fingerprint density at radius 3 is 2.79 bits per heavy atom. The van der Waals surface area contributed by atoms with Crippen LogP contribution in [0.25, 0.3) is 0 Å². The van der Waals surface area contributed by atoms with Gasteiger partial charge in [-0.2, -0.15) is 0 Å². The van der Waals surface area contributed by atoms with Crippen molar-refractivity contribution in [2.75, 3.05) is 18.5 Å². The lowest BCUT2D eigenvalue weighted by atomic mass is 10.1. The quantitative estimate of drug-likeness (QED) is 0.624. The molecule has 1 atom stereocenters. The third-order valence-corrected chi connectivity index (χ3v) is 5.98. The smallest absolute Gasteiger partial charge is 0.267 e. The van der Waals surface area contributed by atoms with Crippen LogP contribution in [-0.2, 0) is 11.2 Å². The van der Waals surface area contributed by atoms with Crippen molar-refractivity contribution in [1.82, 2.24) is 10.3 Å². The Hall–Kier alpha value is -2.91. The van der Waals surface area contributed by atoms with Gasteiger partial charge in [-0.1, -0.05) is 12.1 Å². The summed E-state index contributed by atoms with van der Waals surface area (Å²) >= 11 is 2.66. The third-order valence-electron chi connectivity index (χ3n) is 4.30. The van der Waals surface area contributed by atoms with E-state index in [9.17, 15) is 9.59 Å². The molecule has 0 fully saturated rings. The van der Waals surface area contributed by atoms with Gasteiger partial charge < -0.3 is 14.8 Å². The van der Waals surface area contributed by atoms with Crippen molar-refractivity contribution in [2.45, 2.75) is 19.4 Å². The molecular weight excluding hydrogens is 410 g/mol. The average Bonchev–Trinajstić information content (AvgIpc) is 3.40. The van der Waals surface area contributed by atoms with Crippen molar-refractivity contribution in [3.8, 4) is 11.5 Å². The summed E-state index contributed by atoms with van der Waals surface area (Å²) < 4.78 is 11.1. The fourth-order valence-corrected chi connectivity index (χ4v) is 4.21. The van der Waals surface area contributed by atoms with E-state index >= 15 is 0 Å². The van der Waals surface area contributed by atoms with E-state index in [0.29, 0.717) is 34.7 Å². The minimum Gasteiger partial charge on any atom is -0.486 e. The average molecular weight is 430 g/mol. The van der Waals surface area contributed by atoms with Gasteiger partial charge in [0.2, 0.25) is 5.91 Å². The van der Waals surface area contributed by atoms with Crippen molar-refractivity contribution >= 4 is 39.6 Å². The first kappa shape index (κ1) is 19.4. The van der Waals surface area contributed by atoms with Gasteiger partial charge in [-0.05, 0) is 36.1 Å². The zero-order valence-corrected chi connectivity index (χ0v) is 17.3. The highest BCUT2D eigenvalue weighted by Gasteiger charge is 2.17. The summed E-state index contributed by atoms with van der Waals surface area (Å²) in [5.41, 5.74) is 1.55. The Morgan fingerprint density at radius 1 is 1.17 bits per heavy atom. The van der Waals surface area contributed by atoms with E-state index in [-0.39, 0.29) is 24.3 Å². The van der Waals surface area contributed by atoms with Gasteiger partial charge in [0, 0.05) is 5.38 Å². The minimum absolute atomic E-state index is 0.139. The van der Waals surface area contributed by atoms with Gasteiger partial charge in [-0.15, -0.1) is 22.7 Å². The van der Waals surface area contributed by atoms with Gasteiger partial charge in [-0.25, -0.2) is 4.98 Å². The van der Waals surface area contributed by atoms with Crippen LogP contribution in [0.15, 0.2) is 41.1 Å². The fraction of sp³-hybridized carbons (Fsp3) is 0.250. The highest BCUT2D eigenvalue weighted by molar-refractivity contribution is 7.14. The maximum absolute atomic E-state index is 12.4. The summed E-state index contributed by atoms with van der Waals surface area (Å²) in [5.74, 6) is 1.07. The van der Waals surface area contributed by atoms with Crippen LogP contribution in [0.5, 0.6) is 11.5 Å². The van der Waals surface area contributed by atoms with Gasteiger partial charge in [0.25, 0.3) is 5.91 Å². The largest absolute Gasteiger partial charge is 0.486 e. The van der Waals surface area contributed by atoms with Crippen LogP contribution in [0.1, 0.15) is 33.9 Å². The molecule has 150 valence electrons. The molecule has 3 aromatic rings. The molecule has 0 saturated heterocycles. The predicted molar refractivity (Wildman–Crippen MR) is 112 cm³/mol. The van der Waals surface area contributed by atoms with Crippen LogP contribution in [0.2, 0.25) is 0 Å². The number of carbonyl (C=O) groups is 2. The van der Waals surface area contributed by atoms with E-state index < -0.39 is 0 Å². The van der Waals surface area contributed by atoms with Gasteiger partial charge in [-0.3, -0.25) is 14.9 Å². The Balaban J connectivity index is 1.32. The first-order valence-corrected chi connectivity index (χ1v) is 10.8. The molecule has 0 bridgehead atoms. The molecule has 0 aliphatic carbocycles. The molecule has 9 heteroatoms. The summed E-state index contributed by atoms with van der Waals surface area (Å²) in [6.45, 7) is 2.98.